The number of nitrogens with one attached hydrogen (secondary N) is 1. The van der Waals surface area contributed by atoms with E-state index in [1.807, 2.05) is 13.8 Å². The predicted molar refractivity (Wildman–Crippen MR) is 44.6 cm³/mol. The summed E-state index contributed by atoms with van der Waals surface area (Å²) in [4.78, 5) is 6.90. The SMILES string of the molecule is CCOC(OCC)c1c[nH]cn1. The molecular weight excluding hydrogens is 156 g/mol. The van der Waals surface area contributed by atoms with E-state index in [2.05, 4.69) is 9.97 Å². The van der Waals surface area contributed by atoms with E-state index < -0.39 is 0 Å². The Morgan fingerprint density at radius 1 is 1.42 bits per heavy atom. The zero-order valence-corrected chi connectivity index (χ0v) is 7.41. The van der Waals surface area contributed by atoms with Crippen LogP contribution in [0.3, 0.4) is 0 Å². The molecule has 0 saturated carbocycles. The summed E-state index contributed by atoms with van der Waals surface area (Å²) < 4.78 is 10.6. The van der Waals surface area contributed by atoms with Crippen LogP contribution in [0, 0.1) is 0 Å². The average molecular weight is 170 g/mol. The maximum Gasteiger partial charge on any atom is 0.202 e. The molecule has 0 aromatic carbocycles. The molecule has 1 rings (SSSR count). The Hall–Kier alpha value is -0.870. The van der Waals surface area contributed by atoms with Crippen molar-refractivity contribution in [3.63, 3.8) is 0 Å². The van der Waals surface area contributed by atoms with E-state index in [1.54, 1.807) is 12.5 Å². The Morgan fingerprint density at radius 2 is 2.08 bits per heavy atom. The van der Waals surface area contributed by atoms with Gasteiger partial charge in [0.15, 0.2) is 0 Å². The number of rotatable bonds is 5. The highest BCUT2D eigenvalue weighted by atomic mass is 16.7. The van der Waals surface area contributed by atoms with E-state index in [9.17, 15) is 0 Å². The number of imidazole rings is 1. The van der Waals surface area contributed by atoms with E-state index >= 15 is 0 Å². The summed E-state index contributed by atoms with van der Waals surface area (Å²) in [7, 11) is 0. The predicted octanol–water partition coefficient (Wildman–Crippen LogP) is 1.48. The standard InChI is InChI=1S/C8H14N2O2/c1-3-11-8(12-4-2)7-5-9-6-10-7/h5-6,8H,3-4H2,1-2H3,(H,9,10). The van der Waals surface area contributed by atoms with Crippen LogP contribution in [-0.2, 0) is 9.47 Å². The topological polar surface area (TPSA) is 47.1 Å². The summed E-state index contributed by atoms with van der Waals surface area (Å²) in [5.41, 5.74) is 0.790. The molecular formula is C8H14N2O2. The van der Waals surface area contributed by atoms with Crippen molar-refractivity contribution >= 4 is 0 Å². The van der Waals surface area contributed by atoms with E-state index in [1.165, 1.54) is 0 Å². The van der Waals surface area contributed by atoms with Crippen molar-refractivity contribution in [2.45, 2.75) is 20.1 Å². The Morgan fingerprint density at radius 3 is 2.50 bits per heavy atom. The van der Waals surface area contributed by atoms with Gasteiger partial charge in [-0.2, -0.15) is 0 Å². The molecule has 1 N–H and O–H groups in total. The molecule has 0 aliphatic carbocycles. The van der Waals surface area contributed by atoms with Crippen molar-refractivity contribution in [1.29, 1.82) is 0 Å². The lowest BCUT2D eigenvalue weighted by Gasteiger charge is -2.13. The second-order valence-electron chi connectivity index (χ2n) is 2.24. The zero-order chi connectivity index (χ0) is 8.81. The van der Waals surface area contributed by atoms with Crippen LogP contribution in [0.1, 0.15) is 25.8 Å². The minimum Gasteiger partial charge on any atom is -0.351 e. The Balaban J connectivity index is 2.53. The summed E-state index contributed by atoms with van der Waals surface area (Å²) in [6.45, 7) is 5.10. The summed E-state index contributed by atoms with van der Waals surface area (Å²) >= 11 is 0. The summed E-state index contributed by atoms with van der Waals surface area (Å²) in [5.74, 6) is 0. The number of hydrogen-bond donors (Lipinski definition) is 1. The van der Waals surface area contributed by atoms with Gasteiger partial charge in [0.1, 0.15) is 5.69 Å². The normalized spacial score (nSPS) is 10.9. The van der Waals surface area contributed by atoms with Gasteiger partial charge < -0.3 is 14.5 Å². The lowest BCUT2D eigenvalue weighted by molar-refractivity contribution is -0.142. The first-order valence-corrected chi connectivity index (χ1v) is 4.10. The molecule has 4 nitrogen and oxygen atoms in total. The van der Waals surface area contributed by atoms with Crippen LogP contribution in [0.15, 0.2) is 12.5 Å². The molecule has 0 amide bonds. The molecule has 0 spiro atoms. The van der Waals surface area contributed by atoms with Crippen molar-refractivity contribution in [2.75, 3.05) is 13.2 Å². The van der Waals surface area contributed by atoms with Gasteiger partial charge >= 0.3 is 0 Å². The third-order valence-corrected chi connectivity index (χ3v) is 1.40. The van der Waals surface area contributed by atoms with Crippen molar-refractivity contribution in [2.24, 2.45) is 0 Å². The maximum atomic E-state index is 5.32. The summed E-state index contributed by atoms with van der Waals surface area (Å²) in [6.07, 6.45) is 3.06. The van der Waals surface area contributed by atoms with E-state index in [-0.39, 0.29) is 6.29 Å². The number of aromatic amines is 1. The minimum absolute atomic E-state index is 0.328. The monoisotopic (exact) mass is 170 g/mol. The highest BCUT2D eigenvalue weighted by Crippen LogP contribution is 2.14. The first-order valence-electron chi connectivity index (χ1n) is 4.10. The molecule has 1 heterocycles. The van der Waals surface area contributed by atoms with Gasteiger partial charge in [-0.3, -0.25) is 0 Å². The fourth-order valence-electron chi connectivity index (χ4n) is 0.922. The lowest BCUT2D eigenvalue weighted by atomic mass is 10.4. The van der Waals surface area contributed by atoms with E-state index in [4.69, 9.17) is 9.47 Å². The molecule has 0 saturated heterocycles. The fraction of sp³-hybridized carbons (Fsp3) is 0.625. The van der Waals surface area contributed by atoms with Crippen molar-refractivity contribution < 1.29 is 9.47 Å². The quantitative estimate of drug-likeness (QED) is 0.681. The largest absolute Gasteiger partial charge is 0.351 e. The van der Waals surface area contributed by atoms with Crippen LogP contribution < -0.4 is 0 Å². The van der Waals surface area contributed by atoms with Crippen LogP contribution in [0.5, 0.6) is 0 Å². The second-order valence-corrected chi connectivity index (χ2v) is 2.24. The zero-order valence-electron chi connectivity index (χ0n) is 7.41. The molecule has 0 fully saturated rings. The van der Waals surface area contributed by atoms with Gasteiger partial charge in [0.2, 0.25) is 6.29 Å². The maximum absolute atomic E-state index is 5.32. The molecule has 12 heavy (non-hydrogen) atoms. The number of aromatic nitrogens is 2. The fourth-order valence-corrected chi connectivity index (χ4v) is 0.922. The molecule has 4 heteroatoms. The molecule has 68 valence electrons. The minimum atomic E-state index is -0.328. The van der Waals surface area contributed by atoms with Crippen LogP contribution >= 0.6 is 0 Å². The van der Waals surface area contributed by atoms with Gasteiger partial charge in [0, 0.05) is 19.4 Å². The first kappa shape index (κ1) is 9.22. The number of H-pyrrole nitrogens is 1. The molecule has 0 bridgehead atoms. The molecule has 0 radical (unpaired) electrons. The number of ether oxygens (including phenoxy) is 2. The van der Waals surface area contributed by atoms with Gasteiger partial charge in [0.25, 0.3) is 0 Å². The van der Waals surface area contributed by atoms with Crippen molar-refractivity contribution in [3.05, 3.63) is 18.2 Å². The van der Waals surface area contributed by atoms with Crippen LogP contribution in [0.2, 0.25) is 0 Å². The molecule has 1 aromatic rings. The summed E-state index contributed by atoms with van der Waals surface area (Å²) in [6, 6.07) is 0. The van der Waals surface area contributed by atoms with Gasteiger partial charge in [-0.15, -0.1) is 0 Å². The summed E-state index contributed by atoms with van der Waals surface area (Å²) in [5, 5.41) is 0. The third-order valence-electron chi connectivity index (χ3n) is 1.40. The van der Waals surface area contributed by atoms with Gasteiger partial charge in [-0.1, -0.05) is 0 Å². The number of nitrogens with zero attached hydrogens (tertiary/aromatic N) is 1. The molecule has 1 aromatic heterocycles. The Bertz CT molecular complexity index is 193. The van der Waals surface area contributed by atoms with Crippen molar-refractivity contribution in [3.8, 4) is 0 Å². The molecule has 0 aliphatic heterocycles. The van der Waals surface area contributed by atoms with Gasteiger partial charge in [-0.25, -0.2) is 4.98 Å². The smallest absolute Gasteiger partial charge is 0.202 e. The molecule has 0 aliphatic rings. The highest BCUT2D eigenvalue weighted by Gasteiger charge is 2.12. The lowest BCUT2D eigenvalue weighted by Crippen LogP contribution is -2.08. The van der Waals surface area contributed by atoms with E-state index in [0.29, 0.717) is 13.2 Å². The van der Waals surface area contributed by atoms with Crippen LogP contribution in [-0.4, -0.2) is 23.2 Å². The Kier molecular flexibility index (Phi) is 3.76. The number of hydrogen-bond acceptors (Lipinski definition) is 3. The van der Waals surface area contributed by atoms with E-state index in [0.717, 1.165) is 5.69 Å². The van der Waals surface area contributed by atoms with Crippen molar-refractivity contribution in [1.82, 2.24) is 9.97 Å². The molecule has 0 atom stereocenters. The van der Waals surface area contributed by atoms with Crippen LogP contribution in [0.4, 0.5) is 0 Å². The third kappa shape index (κ3) is 2.32. The highest BCUT2D eigenvalue weighted by molar-refractivity contribution is 4.95. The Labute approximate surface area is 71.9 Å². The average Bonchev–Trinajstić information content (AvgIpc) is 2.56. The van der Waals surface area contributed by atoms with Gasteiger partial charge in [-0.05, 0) is 13.8 Å². The second kappa shape index (κ2) is 4.90. The van der Waals surface area contributed by atoms with Gasteiger partial charge in [0.05, 0.1) is 6.33 Å². The first-order chi connectivity index (χ1) is 5.88. The molecule has 0 unspecified atom stereocenters. The van der Waals surface area contributed by atoms with Crippen LogP contribution in [0.25, 0.3) is 0 Å².